The van der Waals surface area contributed by atoms with Crippen LogP contribution in [0.4, 0.5) is 0 Å². The summed E-state index contributed by atoms with van der Waals surface area (Å²) >= 11 is 0. The number of rotatable bonds is 7. The fraction of sp³-hybridized carbons (Fsp3) is 0.412. The molecule has 0 saturated heterocycles. The van der Waals surface area contributed by atoms with Gasteiger partial charge in [0.05, 0.1) is 24.2 Å². The molecule has 0 amide bonds. The normalized spacial score (nSPS) is 14.0. The fourth-order valence-electron chi connectivity index (χ4n) is 3.06. The molecule has 2 aliphatic rings. The van der Waals surface area contributed by atoms with Crippen LogP contribution in [0, 0.1) is 13.8 Å². The first-order valence-electron chi connectivity index (χ1n) is 9.03. The van der Waals surface area contributed by atoms with E-state index < -0.39 is 50.5 Å². The minimum absolute atomic E-state index is 0. The van der Waals surface area contributed by atoms with E-state index in [2.05, 4.69) is 14.5 Å². The molecule has 3 rings (SSSR count). The molecule has 2 heterocycles. The van der Waals surface area contributed by atoms with Crippen LogP contribution in [0.3, 0.4) is 0 Å². The molecular weight excluding hydrogens is 490 g/mol. The number of nitrogens with one attached hydrogen (secondary N) is 1. The van der Waals surface area contributed by atoms with Crippen molar-refractivity contribution in [3.05, 3.63) is 44.1 Å². The van der Waals surface area contributed by atoms with Crippen molar-refractivity contribution in [2.24, 2.45) is 0 Å². The van der Waals surface area contributed by atoms with Gasteiger partial charge in [-0.3, -0.25) is 14.3 Å². The number of H-pyrrole nitrogens is 1. The summed E-state index contributed by atoms with van der Waals surface area (Å²) in [5.41, 5.74) is 0.618. The van der Waals surface area contributed by atoms with Gasteiger partial charge in [0.1, 0.15) is 18.3 Å². The molecule has 0 fully saturated rings. The predicted molar refractivity (Wildman–Crippen MR) is 120 cm³/mol. The van der Waals surface area contributed by atoms with Gasteiger partial charge in [0.2, 0.25) is 0 Å². The van der Waals surface area contributed by atoms with Gasteiger partial charge in [-0.25, -0.2) is 14.3 Å². The second kappa shape index (κ2) is 12.4. The van der Waals surface area contributed by atoms with Crippen LogP contribution in [0.1, 0.15) is 11.1 Å². The molecule has 0 aliphatic carbocycles. The minimum Gasteiger partial charge on any atom is -0.412 e. The van der Waals surface area contributed by atoms with E-state index in [1.54, 1.807) is 12.1 Å². The zero-order valence-electron chi connectivity index (χ0n) is 18.5. The Kier molecular flexibility index (Phi) is 11.8. The van der Waals surface area contributed by atoms with Gasteiger partial charge < -0.3 is 40.6 Å². The van der Waals surface area contributed by atoms with E-state index in [9.17, 15) is 29.5 Å². The Hall–Kier alpha value is -1.59. The van der Waals surface area contributed by atoms with Crippen molar-refractivity contribution in [2.75, 3.05) is 6.61 Å². The number of aliphatic hydroxyl groups is 3. The molecule has 17 heteroatoms. The summed E-state index contributed by atoms with van der Waals surface area (Å²) in [6.07, 6.45) is -5.40. The van der Waals surface area contributed by atoms with Crippen molar-refractivity contribution in [1.29, 1.82) is 0 Å². The zero-order valence-corrected chi connectivity index (χ0v) is 21.4. The van der Waals surface area contributed by atoms with Crippen LogP contribution < -0.4 is 11.2 Å². The van der Waals surface area contributed by atoms with Crippen molar-refractivity contribution >= 4 is 48.4 Å². The summed E-state index contributed by atoms with van der Waals surface area (Å²) in [5, 5.41) is 30.5. The van der Waals surface area contributed by atoms with Gasteiger partial charge in [-0.1, -0.05) is 0 Å². The maximum atomic E-state index is 12.2. The first kappa shape index (κ1) is 32.4. The minimum atomic E-state index is -4.89. The molecule has 10 N–H and O–H groups in total. The number of nitrogens with zero attached hydrogens (tertiary/aromatic N) is 3. The van der Waals surface area contributed by atoms with Gasteiger partial charge in [-0.05, 0) is 37.1 Å². The number of aromatic amines is 1. The Morgan fingerprint density at radius 3 is 2.24 bits per heavy atom. The maximum Gasteiger partial charge on any atom is 0.469 e. The van der Waals surface area contributed by atoms with Crippen molar-refractivity contribution in [2.45, 2.75) is 38.7 Å². The Morgan fingerprint density at radius 2 is 1.65 bits per heavy atom. The zero-order chi connectivity index (χ0) is 23.1. The Balaban J connectivity index is 0.00000363. The van der Waals surface area contributed by atoms with E-state index in [0.717, 1.165) is 11.1 Å². The van der Waals surface area contributed by atoms with Gasteiger partial charge in [-0.2, -0.15) is 4.98 Å². The van der Waals surface area contributed by atoms with Crippen LogP contribution in [0.25, 0.3) is 22.6 Å². The molecule has 3 atom stereocenters. The summed E-state index contributed by atoms with van der Waals surface area (Å²) in [6.45, 7) is 2.29. The van der Waals surface area contributed by atoms with Crippen molar-refractivity contribution in [3.8, 4) is 11.5 Å². The monoisotopic (exact) mass is 515 g/mol. The van der Waals surface area contributed by atoms with Crippen LogP contribution in [-0.2, 0) is 15.6 Å². The number of fused-ring (bicyclic) bond motifs is 2. The Labute approximate surface area is 213 Å². The first-order chi connectivity index (χ1) is 14.4. The SMILES string of the molecule is Cc1cc2nc3c(=O)[nH]c(=O)nc-3n(CC(O)C(O)C(O)COP(=O)(O)O)c2cc1C.O.O.[Na]. The number of hydrogen-bond acceptors (Lipinski definition) is 9. The summed E-state index contributed by atoms with van der Waals surface area (Å²) in [7, 11) is -4.89. The molecule has 185 valence electrons. The second-order valence-corrected chi connectivity index (χ2v) is 8.34. The summed E-state index contributed by atoms with van der Waals surface area (Å²) < 4.78 is 16.2. The topological polar surface area (TPSA) is 271 Å². The number of phosphoric acid groups is 1. The molecule has 3 unspecified atom stereocenters. The molecule has 0 aromatic heterocycles. The van der Waals surface area contributed by atoms with Gasteiger partial charge in [0.25, 0.3) is 5.56 Å². The molecule has 1 radical (unpaired) electrons. The van der Waals surface area contributed by atoms with Gasteiger partial charge >= 0.3 is 13.5 Å². The van der Waals surface area contributed by atoms with Crippen LogP contribution >= 0.6 is 7.82 Å². The van der Waals surface area contributed by atoms with E-state index >= 15 is 0 Å². The third-order valence-corrected chi connectivity index (χ3v) is 5.28. The molecule has 2 aliphatic heterocycles. The maximum absolute atomic E-state index is 12.2. The standard InChI is InChI=1S/C17H21N4O9P.Na.2H2O/c1-7-3-9-10(4-8(7)2)21(15-13(18-9)16(25)20-17(26)19-15)5-11(22)14(24)12(23)6-30-31(27,28)29;;;/h3-4,11-12,14,22-24H,5-6H2,1-2H3,(H,20,25,26)(H2,27,28,29);;2*1H2. The number of hydrogen-bond donors (Lipinski definition) is 6. The van der Waals surface area contributed by atoms with E-state index in [4.69, 9.17) is 9.79 Å². The predicted octanol–water partition coefficient (Wildman–Crippen LogP) is -3.64. The number of aromatic nitrogens is 4. The molecule has 15 nitrogen and oxygen atoms in total. The molecule has 0 saturated carbocycles. The quantitative estimate of drug-likeness (QED) is 0.101. The molecule has 34 heavy (non-hydrogen) atoms. The van der Waals surface area contributed by atoms with Gasteiger partial charge in [0, 0.05) is 29.6 Å². The van der Waals surface area contributed by atoms with Crippen LogP contribution in [-0.4, -0.2) is 110 Å². The molecule has 1 aromatic rings. The van der Waals surface area contributed by atoms with E-state index in [1.165, 1.54) is 4.57 Å². The van der Waals surface area contributed by atoms with E-state index in [-0.39, 0.29) is 52.0 Å². The Bertz CT molecular complexity index is 1260. The Morgan fingerprint density at radius 1 is 1.06 bits per heavy atom. The largest absolute Gasteiger partial charge is 0.469 e. The summed E-state index contributed by atoms with van der Waals surface area (Å²) in [6, 6.07) is 3.41. The molecular formula is C17H25N4NaO11P. The number of benzene rings is 1. The third kappa shape index (κ3) is 7.21. The van der Waals surface area contributed by atoms with Crippen LogP contribution in [0.2, 0.25) is 0 Å². The average Bonchev–Trinajstić information content (AvgIpc) is 2.67. The van der Waals surface area contributed by atoms with Gasteiger partial charge in [0.15, 0.2) is 11.5 Å². The number of aliphatic hydroxyl groups excluding tert-OH is 3. The van der Waals surface area contributed by atoms with Gasteiger partial charge in [-0.15, -0.1) is 0 Å². The fourth-order valence-corrected chi connectivity index (χ4v) is 3.41. The van der Waals surface area contributed by atoms with Crippen molar-refractivity contribution in [1.82, 2.24) is 19.5 Å². The molecule has 1 aromatic carbocycles. The van der Waals surface area contributed by atoms with Crippen LogP contribution in [0.15, 0.2) is 21.7 Å². The first-order valence-corrected chi connectivity index (χ1v) is 10.6. The summed E-state index contributed by atoms with van der Waals surface area (Å²) in [5.74, 6) is -0.142. The molecule has 0 spiro atoms. The van der Waals surface area contributed by atoms with E-state index in [1.807, 2.05) is 18.8 Å². The van der Waals surface area contributed by atoms with E-state index in [0.29, 0.717) is 11.0 Å². The second-order valence-electron chi connectivity index (χ2n) is 7.10. The smallest absolute Gasteiger partial charge is 0.412 e. The third-order valence-electron chi connectivity index (χ3n) is 4.80. The van der Waals surface area contributed by atoms with Crippen LogP contribution in [0.5, 0.6) is 0 Å². The number of aryl methyl sites for hydroxylation is 2. The average molecular weight is 515 g/mol. The van der Waals surface area contributed by atoms with Crippen molar-refractivity contribution in [3.63, 3.8) is 0 Å². The summed E-state index contributed by atoms with van der Waals surface area (Å²) in [4.78, 5) is 51.5. The number of phosphoric ester groups is 1. The van der Waals surface area contributed by atoms with Crippen molar-refractivity contribution < 1.29 is 45.1 Å². The molecule has 0 bridgehead atoms.